The summed E-state index contributed by atoms with van der Waals surface area (Å²) in [5, 5.41) is 13.9. The zero-order valence-electron chi connectivity index (χ0n) is 18.9. The van der Waals surface area contributed by atoms with Gasteiger partial charge < -0.3 is 14.8 Å². The third-order valence-electron chi connectivity index (χ3n) is 4.87. The smallest absolute Gasteiger partial charge is 0.341 e. The van der Waals surface area contributed by atoms with Crippen LogP contribution in [0.3, 0.4) is 0 Å². The minimum absolute atomic E-state index is 0.195. The fraction of sp³-hybridized carbons (Fsp3) is 0.167. The lowest BCUT2D eigenvalue weighted by atomic mass is 10.1. The summed E-state index contributed by atoms with van der Waals surface area (Å²) in [6.45, 7) is 3.35. The maximum absolute atomic E-state index is 12.8. The summed E-state index contributed by atoms with van der Waals surface area (Å²) < 4.78 is 11.9. The molecule has 0 aliphatic heterocycles. The summed E-state index contributed by atoms with van der Waals surface area (Å²) in [5.74, 6) is -1.82. The van der Waals surface area contributed by atoms with Crippen LogP contribution >= 0.6 is 11.3 Å². The molecule has 4 aromatic rings. The largest absolute Gasteiger partial charge is 0.462 e. The lowest BCUT2D eigenvalue weighted by Gasteiger charge is -2.14. The molecular weight excluding hydrogens is 470 g/mol. The number of benzene rings is 2. The van der Waals surface area contributed by atoms with E-state index in [1.165, 1.54) is 29.3 Å². The number of ether oxygens (including phenoxy) is 2. The first kappa shape index (κ1) is 23.8. The summed E-state index contributed by atoms with van der Waals surface area (Å²) in [6, 6.07) is 17.6. The topological polar surface area (TPSA) is 125 Å². The molecule has 0 aliphatic carbocycles. The number of carbonyl (C=O) groups is 3. The molecule has 0 radical (unpaired) electrons. The lowest BCUT2D eigenvalue weighted by molar-refractivity contribution is -0.123. The molecule has 0 saturated heterocycles. The van der Waals surface area contributed by atoms with Crippen LogP contribution in [0.25, 0.3) is 16.1 Å². The molecule has 10 nitrogen and oxygen atoms in total. The van der Waals surface area contributed by atoms with E-state index in [0.29, 0.717) is 10.7 Å². The van der Waals surface area contributed by atoms with Crippen LogP contribution in [0.2, 0.25) is 0 Å². The maximum Gasteiger partial charge on any atom is 0.341 e. The number of esters is 2. The second kappa shape index (κ2) is 10.7. The Morgan fingerprint density at radius 1 is 1.06 bits per heavy atom. The Morgan fingerprint density at radius 2 is 1.86 bits per heavy atom. The molecule has 0 spiro atoms. The van der Waals surface area contributed by atoms with E-state index in [-0.39, 0.29) is 17.7 Å². The monoisotopic (exact) mass is 491 g/mol. The average Bonchev–Trinajstić information content (AvgIpc) is 3.55. The third-order valence-corrected chi connectivity index (χ3v) is 5.97. The SMILES string of the molecule is CCOC(=O)c1cc(-c2ccccc2)sc1NC(=O)[C@H](C)OC(=O)c1cccc(-n2cnnn2)c1. The Labute approximate surface area is 204 Å². The van der Waals surface area contributed by atoms with E-state index in [4.69, 9.17) is 9.47 Å². The predicted octanol–water partition coefficient (Wildman–Crippen LogP) is 3.75. The standard InChI is InChI=1S/C24H21N5O5S/c1-3-33-24(32)19-13-20(16-8-5-4-6-9-16)35-22(19)26-21(30)15(2)34-23(31)17-10-7-11-18(12-17)29-14-25-27-28-29/h4-15H,3H2,1-2H3,(H,26,30)/t15-/m0/s1. The van der Waals surface area contributed by atoms with Crippen LogP contribution in [0, 0.1) is 0 Å². The molecule has 11 heteroatoms. The number of nitrogens with zero attached hydrogens (tertiary/aromatic N) is 4. The van der Waals surface area contributed by atoms with Crippen LogP contribution in [-0.2, 0) is 14.3 Å². The first-order valence-corrected chi connectivity index (χ1v) is 11.5. The summed E-state index contributed by atoms with van der Waals surface area (Å²) in [4.78, 5) is 38.8. The number of nitrogens with one attached hydrogen (secondary N) is 1. The molecule has 2 heterocycles. The van der Waals surface area contributed by atoms with Crippen LogP contribution < -0.4 is 5.32 Å². The molecule has 2 aromatic heterocycles. The highest BCUT2D eigenvalue weighted by Crippen LogP contribution is 2.36. The third kappa shape index (κ3) is 5.58. The quantitative estimate of drug-likeness (QED) is 0.370. The second-order valence-corrected chi connectivity index (χ2v) is 8.33. The molecule has 0 bridgehead atoms. The van der Waals surface area contributed by atoms with Gasteiger partial charge in [0, 0.05) is 4.88 Å². The van der Waals surface area contributed by atoms with Crippen LogP contribution in [0.4, 0.5) is 5.00 Å². The van der Waals surface area contributed by atoms with E-state index in [9.17, 15) is 14.4 Å². The molecule has 1 atom stereocenters. The van der Waals surface area contributed by atoms with Crippen LogP contribution in [0.1, 0.15) is 34.6 Å². The molecule has 0 fully saturated rings. The van der Waals surface area contributed by atoms with E-state index < -0.39 is 23.9 Å². The number of aromatic nitrogens is 4. The highest BCUT2D eigenvalue weighted by atomic mass is 32.1. The summed E-state index contributed by atoms with van der Waals surface area (Å²) in [7, 11) is 0. The zero-order chi connectivity index (χ0) is 24.8. The summed E-state index contributed by atoms with van der Waals surface area (Å²) in [5.41, 5.74) is 1.92. The predicted molar refractivity (Wildman–Crippen MR) is 128 cm³/mol. The van der Waals surface area contributed by atoms with Crippen molar-refractivity contribution >= 4 is 34.2 Å². The van der Waals surface area contributed by atoms with Crippen LogP contribution in [0.15, 0.2) is 67.0 Å². The number of hydrogen-bond acceptors (Lipinski definition) is 9. The van der Waals surface area contributed by atoms with E-state index in [1.54, 1.807) is 37.3 Å². The summed E-state index contributed by atoms with van der Waals surface area (Å²) in [6.07, 6.45) is 0.267. The van der Waals surface area contributed by atoms with Gasteiger partial charge in [0.25, 0.3) is 5.91 Å². The van der Waals surface area contributed by atoms with E-state index in [1.807, 2.05) is 30.3 Å². The Morgan fingerprint density at radius 3 is 2.57 bits per heavy atom. The fourth-order valence-electron chi connectivity index (χ4n) is 3.14. The molecular formula is C24H21N5O5S. The van der Waals surface area contributed by atoms with Gasteiger partial charge >= 0.3 is 11.9 Å². The van der Waals surface area contributed by atoms with E-state index >= 15 is 0 Å². The Hall–Kier alpha value is -4.38. The second-order valence-electron chi connectivity index (χ2n) is 7.28. The van der Waals surface area contributed by atoms with Gasteiger partial charge in [-0.15, -0.1) is 16.4 Å². The van der Waals surface area contributed by atoms with Gasteiger partial charge in [-0.05, 0) is 54.1 Å². The van der Waals surface area contributed by atoms with Crippen molar-refractivity contribution in [3.05, 3.63) is 78.1 Å². The number of tetrazole rings is 1. The average molecular weight is 492 g/mol. The Kier molecular flexibility index (Phi) is 7.27. The van der Waals surface area contributed by atoms with Gasteiger partial charge in [-0.2, -0.15) is 0 Å². The molecule has 1 N–H and O–H groups in total. The molecule has 0 aliphatic rings. The van der Waals surface area contributed by atoms with E-state index in [2.05, 4.69) is 20.8 Å². The summed E-state index contributed by atoms with van der Waals surface area (Å²) >= 11 is 1.23. The van der Waals surface area contributed by atoms with Gasteiger partial charge in [-0.1, -0.05) is 36.4 Å². The van der Waals surface area contributed by atoms with Crippen molar-refractivity contribution in [3.63, 3.8) is 0 Å². The molecule has 2 aromatic carbocycles. The number of anilines is 1. The Balaban J connectivity index is 1.49. The van der Waals surface area contributed by atoms with Crippen molar-refractivity contribution in [2.45, 2.75) is 20.0 Å². The van der Waals surface area contributed by atoms with Gasteiger partial charge in [0.1, 0.15) is 11.3 Å². The van der Waals surface area contributed by atoms with Crippen molar-refractivity contribution in [3.8, 4) is 16.1 Å². The normalized spacial score (nSPS) is 11.5. The van der Waals surface area contributed by atoms with Gasteiger partial charge in [0.05, 0.1) is 23.4 Å². The van der Waals surface area contributed by atoms with Gasteiger partial charge in [-0.25, -0.2) is 14.3 Å². The van der Waals surface area contributed by atoms with Gasteiger partial charge in [0.2, 0.25) is 0 Å². The van der Waals surface area contributed by atoms with Crippen molar-refractivity contribution in [2.24, 2.45) is 0 Å². The number of carbonyl (C=O) groups excluding carboxylic acids is 3. The first-order valence-electron chi connectivity index (χ1n) is 10.7. The molecule has 4 rings (SSSR count). The Bertz CT molecular complexity index is 1340. The van der Waals surface area contributed by atoms with Crippen molar-refractivity contribution < 1.29 is 23.9 Å². The number of thiophene rings is 1. The molecule has 178 valence electrons. The van der Waals surface area contributed by atoms with Gasteiger partial charge in [0.15, 0.2) is 6.10 Å². The van der Waals surface area contributed by atoms with Crippen LogP contribution in [0.5, 0.6) is 0 Å². The minimum Gasteiger partial charge on any atom is -0.462 e. The van der Waals surface area contributed by atoms with Crippen molar-refractivity contribution in [1.29, 1.82) is 0 Å². The van der Waals surface area contributed by atoms with Crippen molar-refractivity contribution in [1.82, 2.24) is 20.2 Å². The van der Waals surface area contributed by atoms with Gasteiger partial charge in [-0.3, -0.25) is 4.79 Å². The highest BCUT2D eigenvalue weighted by Gasteiger charge is 2.24. The highest BCUT2D eigenvalue weighted by molar-refractivity contribution is 7.20. The van der Waals surface area contributed by atoms with Crippen molar-refractivity contribution in [2.75, 3.05) is 11.9 Å². The molecule has 0 saturated carbocycles. The maximum atomic E-state index is 12.8. The number of rotatable bonds is 8. The molecule has 35 heavy (non-hydrogen) atoms. The number of amides is 1. The van der Waals surface area contributed by atoms with E-state index in [0.717, 1.165) is 10.4 Å². The zero-order valence-corrected chi connectivity index (χ0v) is 19.7. The molecule has 0 unspecified atom stereocenters. The number of hydrogen-bond donors (Lipinski definition) is 1. The molecule has 1 amide bonds. The first-order chi connectivity index (χ1) is 17.0. The van der Waals surface area contributed by atoms with Crippen LogP contribution in [-0.4, -0.2) is 50.8 Å². The lowest BCUT2D eigenvalue weighted by Crippen LogP contribution is -2.30. The minimum atomic E-state index is -1.13. The fourth-order valence-corrected chi connectivity index (χ4v) is 4.19.